The molecular formula is C10H13ClO. The lowest BCUT2D eigenvalue weighted by Crippen LogP contribution is -1.90. The van der Waals surface area contributed by atoms with E-state index in [2.05, 4.69) is 6.07 Å². The van der Waals surface area contributed by atoms with Gasteiger partial charge in [-0.25, -0.2) is 0 Å². The van der Waals surface area contributed by atoms with Crippen LogP contribution in [0.5, 0.6) is 0 Å². The van der Waals surface area contributed by atoms with Crippen LogP contribution in [0.2, 0.25) is 5.02 Å². The van der Waals surface area contributed by atoms with Crippen LogP contribution < -0.4 is 0 Å². The predicted octanol–water partition coefficient (Wildman–Crippen LogP) is 2.57. The molecule has 0 spiro atoms. The van der Waals surface area contributed by atoms with Crippen molar-refractivity contribution < 1.29 is 5.11 Å². The van der Waals surface area contributed by atoms with Gasteiger partial charge in [0.15, 0.2) is 0 Å². The predicted molar refractivity (Wildman–Crippen MR) is 51.6 cm³/mol. The van der Waals surface area contributed by atoms with Crippen molar-refractivity contribution in [3.8, 4) is 0 Å². The Balaban J connectivity index is 2.69. The summed E-state index contributed by atoms with van der Waals surface area (Å²) in [6.45, 7) is 2.24. The number of halogens is 1. The van der Waals surface area contributed by atoms with Crippen LogP contribution in [0.4, 0.5) is 0 Å². The molecular weight excluding hydrogens is 172 g/mol. The van der Waals surface area contributed by atoms with E-state index in [1.54, 1.807) is 0 Å². The zero-order valence-electron chi connectivity index (χ0n) is 7.18. The maximum Gasteiger partial charge on any atom is 0.0435 e. The van der Waals surface area contributed by atoms with E-state index in [1.165, 1.54) is 5.56 Å². The minimum Gasteiger partial charge on any atom is -0.396 e. The van der Waals surface area contributed by atoms with E-state index in [0.717, 1.165) is 23.4 Å². The topological polar surface area (TPSA) is 20.2 Å². The van der Waals surface area contributed by atoms with Gasteiger partial charge in [0.25, 0.3) is 0 Å². The summed E-state index contributed by atoms with van der Waals surface area (Å²) in [6.07, 6.45) is 1.75. The molecule has 0 saturated heterocycles. The van der Waals surface area contributed by atoms with Gasteiger partial charge in [-0.2, -0.15) is 0 Å². The summed E-state index contributed by atoms with van der Waals surface area (Å²) in [5.74, 6) is 0. The molecule has 0 amide bonds. The molecule has 0 unspecified atom stereocenters. The molecule has 0 atom stereocenters. The number of hydrogen-bond acceptors (Lipinski definition) is 1. The number of benzene rings is 1. The van der Waals surface area contributed by atoms with Gasteiger partial charge in [-0.05, 0) is 37.0 Å². The van der Waals surface area contributed by atoms with Gasteiger partial charge < -0.3 is 5.11 Å². The number of aliphatic hydroxyl groups is 1. The molecule has 0 aliphatic rings. The van der Waals surface area contributed by atoms with Gasteiger partial charge in [-0.3, -0.25) is 0 Å². The third kappa shape index (κ3) is 2.50. The Morgan fingerprint density at radius 2 is 2.17 bits per heavy atom. The Morgan fingerprint density at radius 1 is 1.42 bits per heavy atom. The van der Waals surface area contributed by atoms with Gasteiger partial charge >= 0.3 is 0 Å². The molecule has 0 fully saturated rings. The standard InChI is InChI=1S/C10H13ClO/c1-8-7-9(3-2-6-12)4-5-10(8)11/h4-5,7,12H,2-3,6H2,1H3. The summed E-state index contributed by atoms with van der Waals surface area (Å²) in [6, 6.07) is 5.98. The number of hydrogen-bond donors (Lipinski definition) is 1. The van der Waals surface area contributed by atoms with Crippen molar-refractivity contribution in [3.63, 3.8) is 0 Å². The molecule has 1 nitrogen and oxygen atoms in total. The maximum atomic E-state index is 8.63. The highest BCUT2D eigenvalue weighted by molar-refractivity contribution is 6.31. The first-order valence-corrected chi connectivity index (χ1v) is 4.47. The highest BCUT2D eigenvalue weighted by Gasteiger charge is 1.96. The maximum absolute atomic E-state index is 8.63. The van der Waals surface area contributed by atoms with E-state index in [1.807, 2.05) is 19.1 Å². The minimum absolute atomic E-state index is 0.252. The van der Waals surface area contributed by atoms with Crippen molar-refractivity contribution in [2.75, 3.05) is 6.61 Å². The van der Waals surface area contributed by atoms with Gasteiger partial charge in [0, 0.05) is 11.6 Å². The second kappa shape index (κ2) is 4.48. The van der Waals surface area contributed by atoms with Gasteiger partial charge in [0.2, 0.25) is 0 Å². The molecule has 0 aliphatic heterocycles. The summed E-state index contributed by atoms with van der Waals surface area (Å²) in [4.78, 5) is 0. The molecule has 12 heavy (non-hydrogen) atoms. The highest BCUT2D eigenvalue weighted by Crippen LogP contribution is 2.16. The molecule has 0 radical (unpaired) electrons. The van der Waals surface area contributed by atoms with Crippen LogP contribution in [-0.4, -0.2) is 11.7 Å². The molecule has 0 aliphatic carbocycles. The van der Waals surface area contributed by atoms with Crippen LogP contribution in [-0.2, 0) is 6.42 Å². The third-order valence-electron chi connectivity index (χ3n) is 1.85. The molecule has 0 saturated carbocycles. The van der Waals surface area contributed by atoms with Gasteiger partial charge in [0.1, 0.15) is 0 Å². The fourth-order valence-corrected chi connectivity index (χ4v) is 1.26. The number of aryl methyl sites for hydroxylation is 2. The molecule has 0 bridgehead atoms. The van der Waals surface area contributed by atoms with E-state index in [4.69, 9.17) is 16.7 Å². The average molecular weight is 185 g/mol. The Hall–Kier alpha value is -0.530. The molecule has 66 valence electrons. The Bertz CT molecular complexity index is 258. The van der Waals surface area contributed by atoms with Crippen molar-refractivity contribution in [1.29, 1.82) is 0 Å². The number of rotatable bonds is 3. The third-order valence-corrected chi connectivity index (χ3v) is 2.27. The molecule has 0 heterocycles. The number of aliphatic hydroxyl groups excluding tert-OH is 1. The van der Waals surface area contributed by atoms with Crippen LogP contribution in [0.3, 0.4) is 0 Å². The first-order chi connectivity index (χ1) is 5.74. The molecule has 0 aromatic heterocycles. The van der Waals surface area contributed by atoms with Gasteiger partial charge in [0.05, 0.1) is 0 Å². The zero-order chi connectivity index (χ0) is 8.97. The quantitative estimate of drug-likeness (QED) is 0.766. The van der Waals surface area contributed by atoms with E-state index in [0.29, 0.717) is 0 Å². The lowest BCUT2D eigenvalue weighted by molar-refractivity contribution is 0.288. The zero-order valence-corrected chi connectivity index (χ0v) is 7.93. The van der Waals surface area contributed by atoms with Crippen molar-refractivity contribution in [3.05, 3.63) is 34.3 Å². The lowest BCUT2D eigenvalue weighted by Gasteiger charge is -2.02. The Kier molecular flexibility index (Phi) is 3.57. The first-order valence-electron chi connectivity index (χ1n) is 4.10. The van der Waals surface area contributed by atoms with E-state index >= 15 is 0 Å². The molecule has 1 aromatic rings. The largest absolute Gasteiger partial charge is 0.396 e. The second-order valence-electron chi connectivity index (χ2n) is 2.91. The Labute approximate surface area is 78.0 Å². The summed E-state index contributed by atoms with van der Waals surface area (Å²) in [5, 5.41) is 9.43. The molecule has 1 aromatic carbocycles. The average Bonchev–Trinajstić information content (AvgIpc) is 2.07. The van der Waals surface area contributed by atoms with E-state index in [-0.39, 0.29) is 6.61 Å². The van der Waals surface area contributed by atoms with Gasteiger partial charge in [-0.15, -0.1) is 0 Å². The highest BCUT2D eigenvalue weighted by atomic mass is 35.5. The van der Waals surface area contributed by atoms with Crippen molar-refractivity contribution in [2.45, 2.75) is 19.8 Å². The minimum atomic E-state index is 0.252. The second-order valence-corrected chi connectivity index (χ2v) is 3.32. The van der Waals surface area contributed by atoms with Crippen LogP contribution in [0.15, 0.2) is 18.2 Å². The Morgan fingerprint density at radius 3 is 2.75 bits per heavy atom. The van der Waals surface area contributed by atoms with Gasteiger partial charge in [-0.1, -0.05) is 23.7 Å². The van der Waals surface area contributed by atoms with Crippen LogP contribution in [0.25, 0.3) is 0 Å². The van der Waals surface area contributed by atoms with Crippen molar-refractivity contribution in [1.82, 2.24) is 0 Å². The summed E-state index contributed by atoms with van der Waals surface area (Å²) >= 11 is 5.87. The van der Waals surface area contributed by atoms with Crippen molar-refractivity contribution in [2.24, 2.45) is 0 Å². The monoisotopic (exact) mass is 184 g/mol. The summed E-state index contributed by atoms with van der Waals surface area (Å²) in [7, 11) is 0. The van der Waals surface area contributed by atoms with Crippen LogP contribution in [0.1, 0.15) is 17.5 Å². The smallest absolute Gasteiger partial charge is 0.0435 e. The summed E-state index contributed by atoms with van der Waals surface area (Å²) in [5.41, 5.74) is 2.35. The van der Waals surface area contributed by atoms with Crippen LogP contribution in [0, 0.1) is 6.92 Å². The fourth-order valence-electron chi connectivity index (χ4n) is 1.15. The first kappa shape index (κ1) is 9.56. The lowest BCUT2D eigenvalue weighted by atomic mass is 10.1. The summed E-state index contributed by atoms with van der Waals surface area (Å²) < 4.78 is 0. The van der Waals surface area contributed by atoms with E-state index < -0.39 is 0 Å². The molecule has 1 rings (SSSR count). The SMILES string of the molecule is Cc1cc(CCCO)ccc1Cl. The van der Waals surface area contributed by atoms with E-state index in [9.17, 15) is 0 Å². The fraction of sp³-hybridized carbons (Fsp3) is 0.400. The van der Waals surface area contributed by atoms with Crippen molar-refractivity contribution >= 4 is 11.6 Å². The molecule has 1 N–H and O–H groups in total. The van der Waals surface area contributed by atoms with Crippen LogP contribution >= 0.6 is 11.6 Å². The normalized spacial score (nSPS) is 10.2. The molecule has 2 heteroatoms.